The van der Waals surface area contributed by atoms with Gasteiger partial charge in [0.05, 0.1) is 7.11 Å². The maximum absolute atomic E-state index is 5.88. The molecule has 3 nitrogen and oxygen atoms in total. The van der Waals surface area contributed by atoms with Crippen molar-refractivity contribution in [2.45, 2.75) is 19.9 Å². The summed E-state index contributed by atoms with van der Waals surface area (Å²) in [5.41, 5.74) is 9.29. The van der Waals surface area contributed by atoms with E-state index in [4.69, 9.17) is 26.8 Å². The number of nitrogens with two attached hydrogens (primary N) is 1. The van der Waals surface area contributed by atoms with Crippen LogP contribution in [0.4, 0.5) is 0 Å². The zero-order chi connectivity index (χ0) is 12.8. The van der Waals surface area contributed by atoms with E-state index >= 15 is 0 Å². The molecule has 0 saturated heterocycles. The van der Waals surface area contributed by atoms with E-state index in [0.717, 1.165) is 22.6 Å². The van der Waals surface area contributed by atoms with Crippen molar-refractivity contribution in [3.8, 4) is 11.5 Å². The monoisotopic (exact) mass is 255 g/mol. The number of ether oxygens (including phenoxy) is 2. The molecule has 4 heteroatoms. The number of hydrogen-bond acceptors (Lipinski definition) is 3. The van der Waals surface area contributed by atoms with Crippen LogP contribution < -0.4 is 15.2 Å². The summed E-state index contributed by atoms with van der Waals surface area (Å²) in [5.74, 6) is 1.48. The van der Waals surface area contributed by atoms with Gasteiger partial charge in [0.15, 0.2) is 0 Å². The quantitative estimate of drug-likeness (QED) is 0.879. The van der Waals surface area contributed by atoms with Gasteiger partial charge in [-0.15, -0.1) is 0 Å². The van der Waals surface area contributed by atoms with E-state index in [2.05, 4.69) is 0 Å². The number of rotatable bonds is 5. The van der Waals surface area contributed by atoms with Crippen molar-refractivity contribution in [1.29, 1.82) is 0 Å². The average Bonchev–Trinajstić information content (AvgIpc) is 2.35. The van der Waals surface area contributed by atoms with E-state index in [0.29, 0.717) is 6.61 Å². The summed E-state index contributed by atoms with van der Waals surface area (Å²) in [6.45, 7) is 4.26. The topological polar surface area (TPSA) is 44.5 Å². The molecule has 0 saturated carbocycles. The van der Waals surface area contributed by atoms with Gasteiger partial charge in [-0.2, -0.15) is 0 Å². The van der Waals surface area contributed by atoms with Gasteiger partial charge < -0.3 is 15.2 Å². The molecule has 0 heterocycles. The second kappa shape index (κ2) is 6.52. The highest BCUT2D eigenvalue weighted by Crippen LogP contribution is 2.28. The predicted octanol–water partition coefficient (Wildman–Crippen LogP) is 3.24. The van der Waals surface area contributed by atoms with Gasteiger partial charge in [-0.25, -0.2) is 0 Å². The van der Waals surface area contributed by atoms with E-state index in [-0.39, 0.29) is 6.04 Å². The Labute approximate surface area is 107 Å². The van der Waals surface area contributed by atoms with Gasteiger partial charge in [0.25, 0.3) is 0 Å². The Hall–Kier alpha value is -1.19. The average molecular weight is 256 g/mol. The van der Waals surface area contributed by atoms with Gasteiger partial charge >= 0.3 is 0 Å². The molecule has 1 unspecified atom stereocenters. The molecule has 94 valence electrons. The highest BCUT2D eigenvalue weighted by molar-refractivity contribution is 6.25. The SMILES string of the molecule is COc1ccc(C(C)N)c(OC/C(C)=C/Cl)c1. The van der Waals surface area contributed by atoms with Gasteiger partial charge in [-0.3, -0.25) is 0 Å². The van der Waals surface area contributed by atoms with E-state index in [1.807, 2.05) is 32.0 Å². The minimum atomic E-state index is -0.0869. The fourth-order valence-corrected chi connectivity index (χ4v) is 1.43. The Morgan fingerprint density at radius 2 is 2.24 bits per heavy atom. The molecular formula is C13H18ClNO2. The predicted molar refractivity (Wildman–Crippen MR) is 70.7 cm³/mol. The Kier molecular flexibility index (Phi) is 5.32. The van der Waals surface area contributed by atoms with Crippen LogP contribution in [0.1, 0.15) is 25.5 Å². The van der Waals surface area contributed by atoms with Crippen LogP contribution in [-0.4, -0.2) is 13.7 Å². The summed E-state index contributed by atoms with van der Waals surface area (Å²) in [4.78, 5) is 0. The van der Waals surface area contributed by atoms with Crippen molar-refractivity contribution < 1.29 is 9.47 Å². The summed E-state index contributed by atoms with van der Waals surface area (Å²) in [7, 11) is 1.62. The first-order chi connectivity index (χ1) is 8.08. The van der Waals surface area contributed by atoms with Crippen LogP contribution in [0.15, 0.2) is 29.3 Å². The summed E-state index contributed by atoms with van der Waals surface area (Å²) in [6.07, 6.45) is 0. The number of hydrogen-bond donors (Lipinski definition) is 1. The molecule has 0 radical (unpaired) electrons. The standard InChI is InChI=1S/C13H18ClNO2/c1-9(7-14)8-17-13-6-11(16-3)4-5-12(13)10(2)15/h4-7,10H,8,15H2,1-3H3/b9-7+. The van der Waals surface area contributed by atoms with Crippen LogP contribution in [-0.2, 0) is 0 Å². The fourth-order valence-electron chi connectivity index (χ4n) is 1.37. The minimum Gasteiger partial charge on any atom is -0.497 e. The zero-order valence-corrected chi connectivity index (χ0v) is 11.1. The van der Waals surface area contributed by atoms with E-state index in [9.17, 15) is 0 Å². The first kappa shape index (κ1) is 13.9. The lowest BCUT2D eigenvalue weighted by atomic mass is 10.1. The lowest BCUT2D eigenvalue weighted by Crippen LogP contribution is -2.09. The molecule has 2 N–H and O–H groups in total. The molecule has 1 rings (SSSR count). The molecule has 0 fully saturated rings. The molecule has 0 aliphatic rings. The first-order valence-corrected chi connectivity index (χ1v) is 5.84. The van der Waals surface area contributed by atoms with Gasteiger partial charge in [0, 0.05) is 23.2 Å². The summed E-state index contributed by atoms with van der Waals surface area (Å²) < 4.78 is 10.8. The smallest absolute Gasteiger partial charge is 0.128 e. The maximum Gasteiger partial charge on any atom is 0.128 e. The van der Waals surface area contributed by atoms with Gasteiger partial charge in [-0.1, -0.05) is 17.7 Å². The molecule has 0 spiro atoms. The molecule has 0 aliphatic carbocycles. The minimum absolute atomic E-state index is 0.0869. The number of methoxy groups -OCH3 is 1. The maximum atomic E-state index is 5.88. The lowest BCUT2D eigenvalue weighted by molar-refractivity contribution is 0.342. The van der Waals surface area contributed by atoms with Gasteiger partial charge in [0.2, 0.25) is 0 Å². The van der Waals surface area contributed by atoms with Crippen molar-refractivity contribution in [3.05, 3.63) is 34.9 Å². The van der Waals surface area contributed by atoms with Crippen LogP contribution >= 0.6 is 11.6 Å². The molecule has 0 amide bonds. The Bertz CT molecular complexity index is 402. The molecule has 17 heavy (non-hydrogen) atoms. The summed E-state index contributed by atoms with van der Waals surface area (Å²) >= 11 is 5.59. The highest BCUT2D eigenvalue weighted by Gasteiger charge is 2.09. The lowest BCUT2D eigenvalue weighted by Gasteiger charge is -2.15. The molecule has 1 aromatic carbocycles. The van der Waals surface area contributed by atoms with Crippen LogP contribution in [0.25, 0.3) is 0 Å². The van der Waals surface area contributed by atoms with Crippen LogP contribution in [0.2, 0.25) is 0 Å². The Balaban J connectivity index is 2.93. The van der Waals surface area contributed by atoms with Gasteiger partial charge in [0.1, 0.15) is 18.1 Å². The zero-order valence-electron chi connectivity index (χ0n) is 10.4. The third-order valence-corrected chi connectivity index (χ3v) is 2.73. The summed E-state index contributed by atoms with van der Waals surface area (Å²) in [6, 6.07) is 5.53. The van der Waals surface area contributed by atoms with Crippen molar-refractivity contribution in [3.63, 3.8) is 0 Å². The van der Waals surface area contributed by atoms with E-state index < -0.39 is 0 Å². The van der Waals surface area contributed by atoms with Crippen molar-refractivity contribution in [2.24, 2.45) is 5.73 Å². The third kappa shape index (κ3) is 3.95. The van der Waals surface area contributed by atoms with Crippen LogP contribution in [0.3, 0.4) is 0 Å². The van der Waals surface area contributed by atoms with Crippen molar-refractivity contribution >= 4 is 11.6 Å². The second-order valence-corrected chi connectivity index (χ2v) is 4.15. The first-order valence-electron chi connectivity index (χ1n) is 5.40. The van der Waals surface area contributed by atoms with Gasteiger partial charge in [-0.05, 0) is 25.5 Å². The molecule has 1 atom stereocenters. The molecule has 0 bridgehead atoms. The van der Waals surface area contributed by atoms with Crippen LogP contribution in [0.5, 0.6) is 11.5 Å². The van der Waals surface area contributed by atoms with E-state index in [1.165, 1.54) is 5.54 Å². The highest BCUT2D eigenvalue weighted by atomic mass is 35.5. The van der Waals surface area contributed by atoms with Crippen molar-refractivity contribution in [1.82, 2.24) is 0 Å². The summed E-state index contributed by atoms with van der Waals surface area (Å²) in [5, 5.41) is 0. The normalized spacial score (nSPS) is 13.4. The Morgan fingerprint density at radius 1 is 1.53 bits per heavy atom. The van der Waals surface area contributed by atoms with E-state index in [1.54, 1.807) is 7.11 Å². The number of halogens is 1. The second-order valence-electron chi connectivity index (χ2n) is 3.94. The Morgan fingerprint density at radius 3 is 2.76 bits per heavy atom. The third-order valence-electron chi connectivity index (χ3n) is 2.35. The fraction of sp³-hybridized carbons (Fsp3) is 0.385. The molecule has 0 aromatic heterocycles. The number of benzene rings is 1. The van der Waals surface area contributed by atoms with Crippen molar-refractivity contribution in [2.75, 3.05) is 13.7 Å². The largest absolute Gasteiger partial charge is 0.497 e. The molecule has 0 aliphatic heterocycles. The molecule has 1 aromatic rings. The van der Waals surface area contributed by atoms with Crippen LogP contribution in [0, 0.1) is 0 Å². The molecular weight excluding hydrogens is 238 g/mol.